The van der Waals surface area contributed by atoms with Gasteiger partial charge in [0.25, 0.3) is 5.69 Å². The first-order valence-corrected chi connectivity index (χ1v) is 8.11. The third-order valence-corrected chi connectivity index (χ3v) is 4.19. The van der Waals surface area contributed by atoms with E-state index in [-0.39, 0.29) is 30.1 Å². The van der Waals surface area contributed by atoms with Crippen molar-refractivity contribution in [3.05, 3.63) is 56.3 Å². The van der Waals surface area contributed by atoms with Gasteiger partial charge in [0.05, 0.1) is 22.0 Å². The molecule has 0 aliphatic heterocycles. The highest BCUT2D eigenvalue weighted by Crippen LogP contribution is 2.25. The van der Waals surface area contributed by atoms with Gasteiger partial charge in [-0.15, -0.1) is 11.3 Å². The molecule has 0 spiro atoms. The van der Waals surface area contributed by atoms with Gasteiger partial charge in [0.1, 0.15) is 5.69 Å². The Labute approximate surface area is 142 Å². The van der Waals surface area contributed by atoms with Gasteiger partial charge in [-0.25, -0.2) is 4.79 Å². The quantitative estimate of drug-likeness (QED) is 0.258. The first kappa shape index (κ1) is 17.6. The number of hydrogen-bond donors (Lipinski definition) is 1. The number of esters is 1. The lowest BCUT2D eigenvalue weighted by molar-refractivity contribution is -0.384. The van der Waals surface area contributed by atoms with Crippen molar-refractivity contribution in [1.29, 1.82) is 0 Å². The molecule has 0 atom stereocenters. The summed E-state index contributed by atoms with van der Waals surface area (Å²) in [5, 5.41) is 15.5. The summed E-state index contributed by atoms with van der Waals surface area (Å²) < 4.78 is 5.07. The van der Waals surface area contributed by atoms with E-state index in [2.05, 4.69) is 5.32 Å². The lowest BCUT2D eigenvalue weighted by Crippen LogP contribution is -2.09. The Morgan fingerprint density at radius 1 is 1.33 bits per heavy atom. The zero-order valence-electron chi connectivity index (χ0n) is 13.0. The van der Waals surface area contributed by atoms with Gasteiger partial charge >= 0.3 is 5.97 Å². The number of benzene rings is 1. The molecule has 1 heterocycles. The van der Waals surface area contributed by atoms with E-state index in [0.29, 0.717) is 17.0 Å². The summed E-state index contributed by atoms with van der Waals surface area (Å²) in [6, 6.07) is 7.64. The standard InChI is InChI=1S/C16H16N2O5S/c1-17-12-7-6-11(10-13(12)18(21)22)16(20)23-8-2-4-14(19)15-5-3-9-24-15/h3,5-7,9-10,17H,2,4,8H2,1H3. The number of nitro groups is 1. The predicted molar refractivity (Wildman–Crippen MR) is 90.8 cm³/mol. The Kier molecular flexibility index (Phi) is 6.02. The molecular formula is C16H16N2O5S. The molecule has 1 aromatic heterocycles. The Morgan fingerprint density at radius 2 is 2.12 bits per heavy atom. The topological polar surface area (TPSA) is 98.5 Å². The van der Waals surface area contributed by atoms with Gasteiger partial charge in [0.2, 0.25) is 0 Å². The van der Waals surface area contributed by atoms with Gasteiger partial charge < -0.3 is 10.1 Å². The minimum Gasteiger partial charge on any atom is -0.462 e. The molecule has 0 aliphatic rings. The van der Waals surface area contributed by atoms with Crippen LogP contribution in [0.4, 0.5) is 11.4 Å². The highest BCUT2D eigenvalue weighted by atomic mass is 32.1. The highest BCUT2D eigenvalue weighted by molar-refractivity contribution is 7.12. The Bertz CT molecular complexity index is 743. The van der Waals surface area contributed by atoms with Crippen LogP contribution >= 0.6 is 11.3 Å². The van der Waals surface area contributed by atoms with Crippen LogP contribution in [0.2, 0.25) is 0 Å². The van der Waals surface area contributed by atoms with Crippen molar-refractivity contribution in [2.75, 3.05) is 19.0 Å². The Hall–Kier alpha value is -2.74. The van der Waals surface area contributed by atoms with Crippen LogP contribution in [0.25, 0.3) is 0 Å². The zero-order valence-corrected chi connectivity index (χ0v) is 13.8. The molecule has 0 aliphatic carbocycles. The summed E-state index contributed by atoms with van der Waals surface area (Å²) in [4.78, 5) is 34.8. The molecule has 2 aromatic rings. The van der Waals surface area contributed by atoms with Crippen LogP contribution in [-0.2, 0) is 4.74 Å². The van der Waals surface area contributed by atoms with Crippen LogP contribution in [-0.4, -0.2) is 30.3 Å². The summed E-state index contributed by atoms with van der Waals surface area (Å²) in [6.45, 7) is 0.0809. The smallest absolute Gasteiger partial charge is 0.338 e. The van der Waals surface area contributed by atoms with Gasteiger partial charge in [-0.05, 0) is 30.0 Å². The molecule has 0 amide bonds. The maximum atomic E-state index is 11.9. The molecule has 1 aromatic carbocycles. The molecule has 0 bridgehead atoms. The van der Waals surface area contributed by atoms with Gasteiger partial charge in [0.15, 0.2) is 5.78 Å². The molecule has 8 heteroatoms. The van der Waals surface area contributed by atoms with Crippen LogP contribution in [0, 0.1) is 10.1 Å². The lowest BCUT2D eigenvalue weighted by atomic mass is 10.1. The first-order valence-electron chi connectivity index (χ1n) is 7.23. The maximum absolute atomic E-state index is 11.9. The largest absolute Gasteiger partial charge is 0.462 e. The predicted octanol–water partition coefficient (Wildman–Crippen LogP) is 3.52. The molecule has 0 unspecified atom stereocenters. The van der Waals surface area contributed by atoms with Crippen molar-refractivity contribution < 1.29 is 19.2 Å². The third kappa shape index (κ3) is 4.39. The number of nitrogens with zero attached hydrogens (tertiary/aromatic N) is 1. The van der Waals surface area contributed by atoms with Crippen molar-refractivity contribution in [3.8, 4) is 0 Å². The van der Waals surface area contributed by atoms with E-state index in [1.165, 1.54) is 29.5 Å². The second kappa shape index (κ2) is 8.21. The zero-order chi connectivity index (χ0) is 17.5. The average Bonchev–Trinajstić information content (AvgIpc) is 3.12. The fraction of sp³-hybridized carbons (Fsp3) is 0.250. The van der Waals surface area contributed by atoms with Gasteiger partial charge in [-0.3, -0.25) is 14.9 Å². The second-order valence-electron chi connectivity index (χ2n) is 4.88. The van der Waals surface area contributed by atoms with Crippen molar-refractivity contribution in [1.82, 2.24) is 0 Å². The van der Waals surface area contributed by atoms with Crippen LogP contribution in [0.15, 0.2) is 35.7 Å². The monoisotopic (exact) mass is 348 g/mol. The average molecular weight is 348 g/mol. The van der Waals surface area contributed by atoms with Crippen LogP contribution in [0.1, 0.15) is 32.9 Å². The summed E-state index contributed by atoms with van der Waals surface area (Å²) in [5.41, 5.74) is 0.225. The number of rotatable bonds is 8. The minimum atomic E-state index is -0.649. The number of ether oxygens (including phenoxy) is 1. The van der Waals surface area contributed by atoms with E-state index < -0.39 is 10.9 Å². The molecule has 2 rings (SSSR count). The third-order valence-electron chi connectivity index (χ3n) is 3.28. The fourth-order valence-electron chi connectivity index (χ4n) is 2.06. The van der Waals surface area contributed by atoms with Gasteiger partial charge in [-0.2, -0.15) is 0 Å². The van der Waals surface area contributed by atoms with E-state index in [1.807, 2.05) is 5.38 Å². The summed E-state index contributed by atoms with van der Waals surface area (Å²) >= 11 is 1.37. The number of carbonyl (C=O) groups excluding carboxylic acids is 2. The summed E-state index contributed by atoms with van der Waals surface area (Å²) in [5.74, 6) is -0.639. The molecule has 1 N–H and O–H groups in total. The number of anilines is 1. The summed E-state index contributed by atoms with van der Waals surface area (Å²) in [7, 11) is 1.56. The number of ketones is 1. The normalized spacial score (nSPS) is 10.2. The van der Waals surface area contributed by atoms with E-state index in [1.54, 1.807) is 19.2 Å². The molecule has 0 radical (unpaired) electrons. The number of nitro benzene ring substituents is 1. The molecule has 0 fully saturated rings. The molecule has 7 nitrogen and oxygen atoms in total. The van der Waals surface area contributed by atoms with E-state index in [9.17, 15) is 19.7 Å². The number of hydrogen-bond acceptors (Lipinski definition) is 7. The lowest BCUT2D eigenvalue weighted by Gasteiger charge is -2.06. The summed E-state index contributed by atoms with van der Waals surface area (Å²) in [6.07, 6.45) is 0.686. The number of thiophene rings is 1. The maximum Gasteiger partial charge on any atom is 0.338 e. The van der Waals surface area contributed by atoms with Crippen LogP contribution < -0.4 is 5.32 Å². The van der Waals surface area contributed by atoms with Gasteiger partial charge in [-0.1, -0.05) is 6.07 Å². The number of Topliss-reactive ketones (excluding diaryl/α,β-unsaturated/α-hetero) is 1. The SMILES string of the molecule is CNc1ccc(C(=O)OCCCC(=O)c2cccs2)cc1[N+](=O)[O-]. The van der Waals surface area contributed by atoms with Crippen LogP contribution in [0.5, 0.6) is 0 Å². The molecule has 0 saturated carbocycles. The Morgan fingerprint density at radius 3 is 2.75 bits per heavy atom. The Balaban J connectivity index is 1.87. The van der Waals surface area contributed by atoms with E-state index in [0.717, 1.165) is 0 Å². The number of nitrogens with one attached hydrogen (secondary N) is 1. The van der Waals surface area contributed by atoms with E-state index in [4.69, 9.17) is 4.74 Å². The molecular weight excluding hydrogens is 332 g/mol. The highest BCUT2D eigenvalue weighted by Gasteiger charge is 2.17. The van der Waals surface area contributed by atoms with Crippen molar-refractivity contribution in [2.45, 2.75) is 12.8 Å². The van der Waals surface area contributed by atoms with Crippen molar-refractivity contribution in [3.63, 3.8) is 0 Å². The van der Waals surface area contributed by atoms with Crippen molar-refractivity contribution in [2.24, 2.45) is 0 Å². The van der Waals surface area contributed by atoms with Gasteiger partial charge in [0, 0.05) is 19.5 Å². The van der Waals surface area contributed by atoms with E-state index >= 15 is 0 Å². The van der Waals surface area contributed by atoms with Crippen molar-refractivity contribution >= 4 is 34.5 Å². The fourth-order valence-corrected chi connectivity index (χ4v) is 2.76. The molecule has 0 saturated heterocycles. The number of carbonyl (C=O) groups is 2. The molecule has 126 valence electrons. The minimum absolute atomic E-state index is 0.00931. The second-order valence-corrected chi connectivity index (χ2v) is 5.83. The molecule has 24 heavy (non-hydrogen) atoms. The van der Waals surface area contributed by atoms with Crippen LogP contribution in [0.3, 0.4) is 0 Å². The first-order chi connectivity index (χ1) is 11.5.